The summed E-state index contributed by atoms with van der Waals surface area (Å²) in [5.41, 5.74) is 0.722. The Morgan fingerprint density at radius 1 is 1.25 bits per heavy atom. The number of nitrogens with one attached hydrogen (secondary N) is 2. The molecule has 0 spiro atoms. The maximum absolute atomic E-state index is 11.8. The lowest BCUT2D eigenvalue weighted by molar-refractivity contribution is 0.580. The molecule has 1 aromatic carbocycles. The lowest BCUT2D eigenvalue weighted by Crippen LogP contribution is -2.23. The van der Waals surface area contributed by atoms with E-state index >= 15 is 0 Å². The van der Waals surface area contributed by atoms with Gasteiger partial charge in [-0.15, -0.1) is 0 Å². The molecule has 1 heterocycles. The van der Waals surface area contributed by atoms with Crippen LogP contribution in [0.5, 0.6) is 0 Å². The molecule has 0 saturated heterocycles. The van der Waals surface area contributed by atoms with Gasteiger partial charge in [0.1, 0.15) is 0 Å². The topological polar surface area (TPSA) is 74.8 Å². The van der Waals surface area contributed by atoms with Crippen LogP contribution in [0.1, 0.15) is 5.69 Å². The van der Waals surface area contributed by atoms with Crippen LogP contribution < -0.4 is 4.72 Å². The molecule has 16 heavy (non-hydrogen) atoms. The number of rotatable bonds is 4. The fourth-order valence-corrected chi connectivity index (χ4v) is 2.26. The van der Waals surface area contributed by atoms with Gasteiger partial charge in [0.05, 0.1) is 17.8 Å². The first-order chi connectivity index (χ1) is 7.68. The van der Waals surface area contributed by atoms with Crippen LogP contribution in [0.2, 0.25) is 0 Å². The van der Waals surface area contributed by atoms with Crippen molar-refractivity contribution in [3.63, 3.8) is 0 Å². The van der Waals surface area contributed by atoms with Crippen molar-refractivity contribution in [1.29, 1.82) is 0 Å². The number of sulfonamides is 1. The normalized spacial score (nSPS) is 11.5. The van der Waals surface area contributed by atoms with Gasteiger partial charge in [0.25, 0.3) is 0 Å². The van der Waals surface area contributed by atoms with E-state index < -0.39 is 10.0 Å². The van der Waals surface area contributed by atoms with Crippen LogP contribution in [0, 0.1) is 0 Å². The summed E-state index contributed by atoms with van der Waals surface area (Å²) in [6.45, 7) is 0.206. The first-order valence-corrected chi connectivity index (χ1v) is 6.19. The molecule has 0 amide bonds. The monoisotopic (exact) mass is 237 g/mol. The Kier molecular flexibility index (Phi) is 3.02. The van der Waals surface area contributed by atoms with E-state index in [1.54, 1.807) is 36.5 Å². The third kappa shape index (κ3) is 2.47. The molecule has 0 radical (unpaired) electrons. The molecular weight excluding hydrogens is 226 g/mol. The lowest BCUT2D eigenvalue weighted by Gasteiger charge is -2.04. The summed E-state index contributed by atoms with van der Waals surface area (Å²) in [5.74, 6) is 0. The molecule has 0 aliphatic carbocycles. The van der Waals surface area contributed by atoms with Gasteiger partial charge in [-0.25, -0.2) is 18.1 Å². The van der Waals surface area contributed by atoms with Crippen molar-refractivity contribution in [2.75, 3.05) is 0 Å². The maximum atomic E-state index is 11.8. The average molecular weight is 237 g/mol. The molecule has 2 rings (SSSR count). The maximum Gasteiger partial charge on any atom is 0.240 e. The standard InChI is InChI=1S/C10H11N3O2S/c14-16(15,10-4-2-1-3-5-10)13-7-9-6-11-8-12-9/h1-6,8,13H,7H2,(H,11,12). The second-order valence-electron chi connectivity index (χ2n) is 3.21. The highest BCUT2D eigenvalue weighted by molar-refractivity contribution is 7.89. The van der Waals surface area contributed by atoms with Crippen molar-refractivity contribution in [2.24, 2.45) is 0 Å². The second-order valence-corrected chi connectivity index (χ2v) is 4.98. The molecule has 0 unspecified atom stereocenters. The number of hydrogen-bond acceptors (Lipinski definition) is 3. The Morgan fingerprint density at radius 3 is 2.62 bits per heavy atom. The fourth-order valence-electron chi connectivity index (χ4n) is 1.24. The summed E-state index contributed by atoms with van der Waals surface area (Å²) < 4.78 is 26.0. The zero-order valence-corrected chi connectivity index (χ0v) is 9.24. The number of nitrogens with zero attached hydrogens (tertiary/aromatic N) is 1. The zero-order chi connectivity index (χ0) is 11.4. The molecule has 2 N–H and O–H groups in total. The van der Waals surface area contributed by atoms with Crippen molar-refractivity contribution in [3.8, 4) is 0 Å². The first-order valence-electron chi connectivity index (χ1n) is 4.70. The highest BCUT2D eigenvalue weighted by Crippen LogP contribution is 2.07. The van der Waals surface area contributed by atoms with Crippen molar-refractivity contribution in [1.82, 2.24) is 14.7 Å². The lowest BCUT2D eigenvalue weighted by atomic mass is 10.4. The Morgan fingerprint density at radius 2 is 2.00 bits per heavy atom. The van der Waals surface area contributed by atoms with Gasteiger partial charge in [-0.05, 0) is 12.1 Å². The van der Waals surface area contributed by atoms with Crippen LogP contribution in [0.25, 0.3) is 0 Å². The summed E-state index contributed by atoms with van der Waals surface area (Å²) in [7, 11) is -3.43. The zero-order valence-electron chi connectivity index (χ0n) is 8.42. The highest BCUT2D eigenvalue weighted by Gasteiger charge is 2.12. The largest absolute Gasteiger partial charge is 0.347 e. The minimum atomic E-state index is -3.43. The first kappa shape index (κ1) is 10.8. The molecule has 5 nitrogen and oxygen atoms in total. The third-order valence-corrected chi connectivity index (χ3v) is 3.48. The third-order valence-electron chi connectivity index (χ3n) is 2.06. The van der Waals surface area contributed by atoms with E-state index in [9.17, 15) is 8.42 Å². The van der Waals surface area contributed by atoms with Gasteiger partial charge in [0.15, 0.2) is 0 Å². The van der Waals surface area contributed by atoms with Gasteiger partial charge in [-0.3, -0.25) is 0 Å². The number of benzene rings is 1. The fraction of sp³-hybridized carbons (Fsp3) is 0.100. The van der Waals surface area contributed by atoms with E-state index in [4.69, 9.17) is 0 Å². The quantitative estimate of drug-likeness (QED) is 0.829. The van der Waals surface area contributed by atoms with Crippen LogP contribution in [0.4, 0.5) is 0 Å². The van der Waals surface area contributed by atoms with Crippen LogP contribution >= 0.6 is 0 Å². The summed E-state index contributed by atoms with van der Waals surface area (Å²) in [6.07, 6.45) is 3.08. The Bertz CT molecular complexity index is 535. The molecule has 0 aliphatic heterocycles. The second kappa shape index (κ2) is 4.46. The van der Waals surface area contributed by atoms with E-state index in [-0.39, 0.29) is 11.4 Å². The van der Waals surface area contributed by atoms with Gasteiger partial charge < -0.3 is 4.98 Å². The molecule has 0 saturated carbocycles. The van der Waals surface area contributed by atoms with Gasteiger partial charge in [-0.1, -0.05) is 18.2 Å². The van der Waals surface area contributed by atoms with E-state index in [1.165, 1.54) is 6.33 Å². The van der Waals surface area contributed by atoms with Gasteiger partial charge in [0.2, 0.25) is 10.0 Å². The van der Waals surface area contributed by atoms with Crippen molar-refractivity contribution >= 4 is 10.0 Å². The average Bonchev–Trinajstić information content (AvgIpc) is 2.81. The molecule has 0 atom stereocenters. The van der Waals surface area contributed by atoms with Gasteiger partial charge >= 0.3 is 0 Å². The van der Waals surface area contributed by atoms with Gasteiger partial charge in [0, 0.05) is 11.9 Å². The number of hydrogen-bond donors (Lipinski definition) is 2. The van der Waals surface area contributed by atoms with Crippen LogP contribution in [-0.4, -0.2) is 18.4 Å². The number of imidazole rings is 1. The number of aromatic nitrogens is 2. The molecule has 2 aromatic rings. The van der Waals surface area contributed by atoms with Crippen LogP contribution in [0.3, 0.4) is 0 Å². The van der Waals surface area contributed by atoms with Crippen LogP contribution in [0.15, 0.2) is 47.8 Å². The molecule has 6 heteroatoms. The predicted molar refractivity (Wildman–Crippen MR) is 59.1 cm³/mol. The Labute approximate surface area is 93.6 Å². The molecule has 84 valence electrons. The predicted octanol–water partition coefficient (Wildman–Crippen LogP) is 0.888. The van der Waals surface area contributed by atoms with Gasteiger partial charge in [-0.2, -0.15) is 0 Å². The SMILES string of the molecule is O=S(=O)(NCc1cnc[nH]1)c1ccccc1. The minimum absolute atomic E-state index is 0.206. The van der Waals surface area contributed by atoms with Crippen molar-refractivity contribution in [2.45, 2.75) is 11.4 Å². The Hall–Kier alpha value is -1.66. The summed E-state index contributed by atoms with van der Waals surface area (Å²) in [5, 5.41) is 0. The smallest absolute Gasteiger partial charge is 0.240 e. The molecule has 0 fully saturated rings. The summed E-state index contributed by atoms with van der Waals surface area (Å²) in [4.78, 5) is 6.89. The number of H-pyrrole nitrogens is 1. The molecule has 0 bridgehead atoms. The number of aromatic amines is 1. The molecule has 1 aromatic heterocycles. The summed E-state index contributed by atoms with van der Waals surface area (Å²) >= 11 is 0. The van der Waals surface area contributed by atoms with E-state index in [0.29, 0.717) is 0 Å². The Balaban J connectivity index is 2.10. The highest BCUT2D eigenvalue weighted by atomic mass is 32.2. The van der Waals surface area contributed by atoms with E-state index in [2.05, 4.69) is 14.7 Å². The van der Waals surface area contributed by atoms with Crippen LogP contribution in [-0.2, 0) is 16.6 Å². The molecular formula is C10H11N3O2S. The van der Waals surface area contributed by atoms with E-state index in [0.717, 1.165) is 5.69 Å². The van der Waals surface area contributed by atoms with E-state index in [1.807, 2.05) is 0 Å². The van der Waals surface area contributed by atoms with Crippen molar-refractivity contribution in [3.05, 3.63) is 48.5 Å². The minimum Gasteiger partial charge on any atom is -0.347 e. The molecule has 0 aliphatic rings. The van der Waals surface area contributed by atoms with Crippen molar-refractivity contribution < 1.29 is 8.42 Å². The summed E-state index contributed by atoms with van der Waals surface area (Å²) in [6, 6.07) is 8.24.